The Morgan fingerprint density at radius 2 is 1.45 bits per heavy atom. The van der Waals surface area contributed by atoms with Crippen LogP contribution in [0.5, 0.6) is 0 Å². The van der Waals surface area contributed by atoms with E-state index in [0.29, 0.717) is 0 Å². The zero-order valence-electron chi connectivity index (χ0n) is 7.22. The van der Waals surface area contributed by atoms with Crippen molar-refractivity contribution < 1.29 is 0 Å². The maximum Gasteiger partial charge on any atom is -0.00856 e. The monoisotopic (exact) mass is 204 g/mol. The zero-order valence-corrected chi connectivity index (χ0v) is 10.0. The van der Waals surface area contributed by atoms with Crippen molar-refractivity contribution in [3.8, 4) is 0 Å². The zero-order chi connectivity index (χ0) is 8.10. The molecule has 62 valence electrons. The first-order valence-corrected chi connectivity index (χ1v) is 8.74. The Morgan fingerprint density at radius 3 is 1.82 bits per heavy atom. The normalized spacial score (nSPS) is 12.5. The molecule has 0 nitrogen and oxygen atoms in total. The molecule has 0 atom stereocenters. The Hall–Kier alpha value is 0.640. The SMILES string of the molecule is CCCc1p[pH]pc1CCC. The van der Waals surface area contributed by atoms with Crippen LogP contribution in [0.4, 0.5) is 0 Å². The Kier molecular flexibility index (Phi) is 4.70. The average Bonchev–Trinajstić information content (AvgIpc) is 2.39. The minimum atomic E-state index is 1.16. The highest BCUT2D eigenvalue weighted by Crippen LogP contribution is 2.42. The van der Waals surface area contributed by atoms with Gasteiger partial charge in [0.05, 0.1) is 0 Å². The summed E-state index contributed by atoms with van der Waals surface area (Å²) in [5, 5.41) is 3.55. The lowest BCUT2D eigenvalue weighted by molar-refractivity contribution is 0.891. The number of hydrogen-bond donors (Lipinski definition) is 0. The molecule has 3 heteroatoms. The standard InChI is InChI=1S/C8H15P3/c1-3-5-7-8(6-4-2)10-11-9-7/h11H,3-6H2,1-2H3. The van der Waals surface area contributed by atoms with E-state index in [9.17, 15) is 0 Å². The van der Waals surface area contributed by atoms with Crippen LogP contribution in [-0.2, 0) is 12.8 Å². The molecule has 0 bridgehead atoms. The summed E-state index contributed by atoms with van der Waals surface area (Å²) in [7, 11) is 4.46. The van der Waals surface area contributed by atoms with Crippen LogP contribution in [0, 0.1) is 0 Å². The van der Waals surface area contributed by atoms with Crippen LogP contribution in [-0.4, -0.2) is 0 Å². The fraction of sp³-hybridized carbons (Fsp3) is 0.750. The summed E-state index contributed by atoms with van der Waals surface area (Å²) in [6, 6.07) is 0. The number of aryl methyl sites for hydroxylation is 2. The second-order valence-corrected chi connectivity index (χ2v) is 8.19. The first kappa shape index (κ1) is 9.73. The third-order valence-electron chi connectivity index (χ3n) is 1.68. The van der Waals surface area contributed by atoms with E-state index in [1.54, 1.807) is 26.3 Å². The lowest BCUT2D eigenvalue weighted by Crippen LogP contribution is -1.83. The molecular weight excluding hydrogens is 189 g/mol. The molecule has 11 heavy (non-hydrogen) atoms. The predicted octanol–water partition coefficient (Wildman–Crippen LogP) is 4.78. The first-order valence-electron chi connectivity index (χ1n) is 4.27. The van der Waals surface area contributed by atoms with Crippen molar-refractivity contribution in [3.63, 3.8) is 0 Å². The molecule has 1 heterocycles. The second kappa shape index (κ2) is 5.31. The molecule has 0 saturated carbocycles. The molecule has 0 N–H and O–H groups in total. The molecule has 0 aliphatic carbocycles. The molecule has 0 unspecified atom stereocenters. The van der Waals surface area contributed by atoms with Crippen LogP contribution in [0.25, 0.3) is 0 Å². The smallest absolute Gasteiger partial charge is 0.00856 e. The summed E-state index contributed by atoms with van der Waals surface area (Å²) in [5.41, 5.74) is 0. The van der Waals surface area contributed by atoms with Crippen molar-refractivity contribution >= 4 is 23.3 Å². The molecule has 1 aromatic heterocycles. The van der Waals surface area contributed by atoms with Crippen LogP contribution < -0.4 is 0 Å². The van der Waals surface area contributed by atoms with Gasteiger partial charge in [-0.3, -0.25) is 0 Å². The van der Waals surface area contributed by atoms with Gasteiger partial charge in [-0.25, -0.2) is 0 Å². The van der Waals surface area contributed by atoms with E-state index in [4.69, 9.17) is 0 Å². The van der Waals surface area contributed by atoms with Crippen molar-refractivity contribution in [2.24, 2.45) is 0 Å². The maximum absolute atomic E-state index is 2.28. The van der Waals surface area contributed by atoms with Crippen LogP contribution in [0.3, 0.4) is 0 Å². The van der Waals surface area contributed by atoms with E-state index in [1.165, 1.54) is 25.7 Å². The van der Waals surface area contributed by atoms with Gasteiger partial charge in [0, 0.05) is 0 Å². The summed E-state index contributed by atoms with van der Waals surface area (Å²) in [6.07, 6.45) is 5.37. The fourth-order valence-electron chi connectivity index (χ4n) is 1.15. The lowest BCUT2D eigenvalue weighted by Gasteiger charge is -1.98. The first-order chi connectivity index (χ1) is 5.38. The Morgan fingerprint density at radius 1 is 1.00 bits per heavy atom. The van der Waals surface area contributed by atoms with Crippen molar-refractivity contribution in [1.82, 2.24) is 0 Å². The van der Waals surface area contributed by atoms with Gasteiger partial charge in [0.25, 0.3) is 0 Å². The Labute approximate surface area is 73.9 Å². The van der Waals surface area contributed by atoms with Crippen molar-refractivity contribution in [1.29, 1.82) is 0 Å². The number of hydrogen-bond acceptors (Lipinski definition) is 0. The Balaban J connectivity index is 2.62. The molecule has 0 aliphatic rings. The highest BCUT2D eigenvalue weighted by atomic mass is 32.1. The minimum absolute atomic E-state index is 1.16. The fourth-order valence-corrected chi connectivity index (χ4v) is 8.43. The molecule has 0 amide bonds. The van der Waals surface area contributed by atoms with Crippen LogP contribution >= 0.6 is 23.3 Å². The Bertz CT molecular complexity index is 184. The lowest BCUT2D eigenvalue weighted by atomic mass is 10.2. The summed E-state index contributed by atoms with van der Waals surface area (Å²) < 4.78 is 0. The summed E-state index contributed by atoms with van der Waals surface area (Å²) in [5.74, 6) is 0. The number of rotatable bonds is 4. The molecule has 0 fully saturated rings. The van der Waals surface area contributed by atoms with Crippen molar-refractivity contribution in [2.45, 2.75) is 39.5 Å². The van der Waals surface area contributed by atoms with Gasteiger partial charge >= 0.3 is 0 Å². The van der Waals surface area contributed by atoms with Crippen LogP contribution in [0.1, 0.15) is 37.3 Å². The highest BCUT2D eigenvalue weighted by molar-refractivity contribution is 8.17. The molecular formula is C8H15P3. The molecule has 0 spiro atoms. The van der Waals surface area contributed by atoms with Crippen molar-refractivity contribution in [3.05, 3.63) is 10.6 Å². The third kappa shape index (κ3) is 2.87. The van der Waals surface area contributed by atoms with Crippen molar-refractivity contribution in [2.75, 3.05) is 0 Å². The summed E-state index contributed by atoms with van der Waals surface area (Å²) >= 11 is 0. The van der Waals surface area contributed by atoms with Crippen LogP contribution in [0.15, 0.2) is 0 Å². The van der Waals surface area contributed by atoms with E-state index in [0.717, 1.165) is 7.55 Å². The molecule has 0 radical (unpaired) electrons. The largest absolute Gasteiger partial charge is 0.0813 e. The summed E-state index contributed by atoms with van der Waals surface area (Å²) in [6.45, 7) is 4.56. The molecule has 0 aromatic carbocycles. The van der Waals surface area contributed by atoms with Crippen LogP contribution in [0.2, 0.25) is 0 Å². The van der Waals surface area contributed by atoms with Gasteiger partial charge < -0.3 is 0 Å². The van der Waals surface area contributed by atoms with E-state index in [1.807, 2.05) is 0 Å². The van der Waals surface area contributed by atoms with E-state index < -0.39 is 0 Å². The van der Waals surface area contributed by atoms with E-state index in [-0.39, 0.29) is 0 Å². The topological polar surface area (TPSA) is 0 Å². The van der Waals surface area contributed by atoms with Gasteiger partial charge in [0.1, 0.15) is 0 Å². The second-order valence-electron chi connectivity index (χ2n) is 2.72. The van der Waals surface area contributed by atoms with E-state index >= 15 is 0 Å². The highest BCUT2D eigenvalue weighted by Gasteiger charge is 2.01. The van der Waals surface area contributed by atoms with Gasteiger partial charge in [0.2, 0.25) is 0 Å². The van der Waals surface area contributed by atoms with Gasteiger partial charge in [-0.15, -0.1) is 0 Å². The summed E-state index contributed by atoms with van der Waals surface area (Å²) in [4.78, 5) is 0. The quantitative estimate of drug-likeness (QED) is 0.661. The van der Waals surface area contributed by atoms with E-state index in [2.05, 4.69) is 13.8 Å². The molecule has 0 aliphatic heterocycles. The maximum atomic E-state index is 2.28. The average molecular weight is 204 g/mol. The van der Waals surface area contributed by atoms with Gasteiger partial charge in [-0.2, -0.15) is 0 Å². The minimum Gasteiger partial charge on any atom is -0.0813 e. The third-order valence-corrected chi connectivity index (χ3v) is 7.60. The molecule has 1 rings (SSSR count). The predicted molar refractivity (Wildman–Crippen MR) is 59.0 cm³/mol. The van der Waals surface area contributed by atoms with Gasteiger partial charge in [0.15, 0.2) is 0 Å². The molecule has 1 aromatic rings. The molecule has 0 saturated heterocycles. The van der Waals surface area contributed by atoms with Gasteiger partial charge in [-0.1, -0.05) is 34.2 Å². The van der Waals surface area contributed by atoms with Gasteiger partial charge in [-0.05, 0) is 39.2 Å².